The molecule has 1 N–H and O–H groups in total. The molecule has 0 bridgehead atoms. The number of aromatic nitrogens is 3. The van der Waals surface area contributed by atoms with Crippen LogP contribution in [0.5, 0.6) is 0 Å². The van der Waals surface area contributed by atoms with E-state index in [-0.39, 0.29) is 23.3 Å². The number of nitrogens with zero attached hydrogens (tertiary/aromatic N) is 3. The molecule has 1 fully saturated rings. The molecule has 0 unspecified atom stereocenters. The van der Waals surface area contributed by atoms with E-state index < -0.39 is 0 Å². The first-order valence-electron chi connectivity index (χ1n) is 10.5. The number of hydrogen-bond donors (Lipinski definition) is 1. The molecule has 0 saturated heterocycles. The molecular weight excluding hydrogens is 420 g/mol. The summed E-state index contributed by atoms with van der Waals surface area (Å²) >= 11 is 2.98. The molecule has 3 aromatic rings. The average molecular weight is 445 g/mol. The van der Waals surface area contributed by atoms with Gasteiger partial charge in [0.05, 0.1) is 16.8 Å². The molecule has 1 amide bonds. The van der Waals surface area contributed by atoms with Gasteiger partial charge in [0.1, 0.15) is 4.83 Å². The molecule has 2 aliphatic rings. The molecule has 1 saturated carbocycles. The number of thiophene rings is 1. The van der Waals surface area contributed by atoms with Crippen molar-refractivity contribution in [1.82, 2.24) is 14.7 Å². The van der Waals surface area contributed by atoms with Gasteiger partial charge < -0.3 is 4.52 Å². The smallest absolute Gasteiger partial charge is 0.263 e. The lowest BCUT2D eigenvalue weighted by atomic mass is 9.97. The molecule has 3 aromatic heterocycles. The average Bonchev–Trinajstić information content (AvgIpc) is 3.46. The third-order valence-corrected chi connectivity index (χ3v) is 8.04. The van der Waals surface area contributed by atoms with Crippen LogP contribution in [-0.2, 0) is 17.6 Å². The van der Waals surface area contributed by atoms with E-state index in [4.69, 9.17) is 9.51 Å². The monoisotopic (exact) mass is 444 g/mol. The zero-order valence-electron chi connectivity index (χ0n) is 16.9. The zero-order chi connectivity index (χ0) is 20.7. The van der Waals surface area contributed by atoms with E-state index >= 15 is 0 Å². The van der Waals surface area contributed by atoms with Crippen LogP contribution in [0.25, 0.3) is 10.2 Å². The van der Waals surface area contributed by atoms with Crippen LogP contribution in [-0.4, -0.2) is 26.4 Å². The van der Waals surface area contributed by atoms with Crippen molar-refractivity contribution >= 4 is 45.1 Å². The highest BCUT2D eigenvalue weighted by Crippen LogP contribution is 2.37. The maximum absolute atomic E-state index is 13.6. The van der Waals surface area contributed by atoms with Gasteiger partial charge in [-0.2, -0.15) is 0 Å². The maximum Gasteiger partial charge on any atom is 0.263 e. The molecule has 30 heavy (non-hydrogen) atoms. The first-order valence-corrected chi connectivity index (χ1v) is 12.3. The fourth-order valence-electron chi connectivity index (χ4n) is 4.51. The zero-order valence-corrected chi connectivity index (χ0v) is 18.5. The first kappa shape index (κ1) is 19.8. The number of rotatable bonds is 5. The highest BCUT2D eigenvalue weighted by Gasteiger charge is 2.27. The Kier molecular flexibility index (Phi) is 5.41. The van der Waals surface area contributed by atoms with Gasteiger partial charge in [0.2, 0.25) is 11.8 Å². The normalized spacial score (nSPS) is 16.8. The molecule has 0 atom stereocenters. The first-order chi connectivity index (χ1) is 14.6. The number of hydrogen-bond acceptors (Lipinski definition) is 7. The van der Waals surface area contributed by atoms with Gasteiger partial charge in [-0.1, -0.05) is 29.8 Å². The van der Waals surface area contributed by atoms with Crippen LogP contribution in [0.2, 0.25) is 0 Å². The quantitative estimate of drug-likeness (QED) is 0.461. The lowest BCUT2D eigenvalue weighted by Crippen LogP contribution is -2.27. The van der Waals surface area contributed by atoms with E-state index in [1.807, 2.05) is 4.57 Å². The lowest BCUT2D eigenvalue weighted by molar-refractivity contribution is -0.113. The van der Waals surface area contributed by atoms with Crippen molar-refractivity contribution in [1.29, 1.82) is 0 Å². The number of thioether (sulfide) groups is 1. The van der Waals surface area contributed by atoms with E-state index in [0.29, 0.717) is 16.7 Å². The van der Waals surface area contributed by atoms with Gasteiger partial charge in [-0.3, -0.25) is 19.5 Å². The number of aryl methyl sites for hydroxylation is 3. The molecule has 9 heteroatoms. The summed E-state index contributed by atoms with van der Waals surface area (Å²) in [7, 11) is 0. The van der Waals surface area contributed by atoms with Crippen molar-refractivity contribution in [3.63, 3.8) is 0 Å². The van der Waals surface area contributed by atoms with E-state index in [2.05, 4.69) is 10.5 Å². The fourth-order valence-corrected chi connectivity index (χ4v) is 6.68. The summed E-state index contributed by atoms with van der Waals surface area (Å²) in [5.74, 6) is 0.296. The summed E-state index contributed by atoms with van der Waals surface area (Å²) in [6, 6.07) is 1.85. The molecule has 0 aromatic carbocycles. The molecule has 0 radical (unpaired) electrons. The van der Waals surface area contributed by atoms with Gasteiger partial charge in [-0.05, 0) is 51.0 Å². The van der Waals surface area contributed by atoms with Gasteiger partial charge in [-0.15, -0.1) is 11.3 Å². The molecule has 158 valence electrons. The van der Waals surface area contributed by atoms with Crippen molar-refractivity contribution < 1.29 is 9.32 Å². The number of amides is 1. The van der Waals surface area contributed by atoms with Gasteiger partial charge in [-0.25, -0.2) is 4.98 Å². The van der Waals surface area contributed by atoms with Gasteiger partial charge >= 0.3 is 0 Å². The van der Waals surface area contributed by atoms with Crippen LogP contribution >= 0.6 is 23.1 Å². The Morgan fingerprint density at radius 2 is 2.10 bits per heavy atom. The van der Waals surface area contributed by atoms with E-state index in [1.165, 1.54) is 28.6 Å². The second-order valence-electron chi connectivity index (χ2n) is 8.07. The summed E-state index contributed by atoms with van der Waals surface area (Å²) < 4.78 is 6.94. The van der Waals surface area contributed by atoms with Gasteiger partial charge in [0.25, 0.3) is 5.56 Å². The summed E-state index contributed by atoms with van der Waals surface area (Å²) in [4.78, 5) is 33.0. The molecule has 2 aliphatic carbocycles. The molecule has 3 heterocycles. The van der Waals surface area contributed by atoms with Crippen molar-refractivity contribution in [3.8, 4) is 0 Å². The van der Waals surface area contributed by atoms with E-state index in [9.17, 15) is 9.59 Å². The minimum atomic E-state index is -0.200. The van der Waals surface area contributed by atoms with Crippen LogP contribution in [0, 0.1) is 6.92 Å². The predicted molar refractivity (Wildman–Crippen MR) is 119 cm³/mol. The number of fused-ring (bicyclic) bond motifs is 3. The predicted octanol–water partition coefficient (Wildman–Crippen LogP) is 4.48. The highest BCUT2D eigenvalue weighted by molar-refractivity contribution is 7.99. The molecule has 0 aliphatic heterocycles. The number of anilines is 1. The van der Waals surface area contributed by atoms with Crippen LogP contribution < -0.4 is 10.9 Å². The largest absolute Gasteiger partial charge is 0.338 e. The summed E-state index contributed by atoms with van der Waals surface area (Å²) in [5.41, 5.74) is 2.02. The van der Waals surface area contributed by atoms with Gasteiger partial charge in [0, 0.05) is 17.0 Å². The SMILES string of the molecule is Cc1cc(NC(=O)CSc2nc3sc4c(c3c(=O)n2C2CCCC2)CCCC4)on1. The van der Waals surface area contributed by atoms with Gasteiger partial charge in [0.15, 0.2) is 5.16 Å². The Hall–Kier alpha value is -2.13. The molecular formula is C21H24N4O3S2. The Balaban J connectivity index is 1.47. The second-order valence-corrected chi connectivity index (χ2v) is 10.1. The van der Waals surface area contributed by atoms with Crippen molar-refractivity contribution in [2.75, 3.05) is 11.1 Å². The molecule has 7 nitrogen and oxygen atoms in total. The standard InChI is InChI=1S/C21H24N4O3S2/c1-12-10-17(28-24-12)22-16(26)11-29-21-23-19-18(14-8-4-5-9-15(14)30-19)20(27)25(21)13-6-2-3-7-13/h10,13H,2-9,11H2,1H3,(H,22,26). The topological polar surface area (TPSA) is 90.0 Å². The second kappa shape index (κ2) is 8.19. The fraction of sp³-hybridized carbons (Fsp3) is 0.524. The third-order valence-electron chi connectivity index (χ3n) is 5.90. The highest BCUT2D eigenvalue weighted by atomic mass is 32.2. The number of nitrogens with one attached hydrogen (secondary N) is 1. The maximum atomic E-state index is 13.6. The molecule has 5 rings (SSSR count). The summed E-state index contributed by atoms with van der Waals surface area (Å²) in [5, 5.41) is 7.97. The Labute approximate surface area is 182 Å². The number of carbonyl (C=O) groups excluding carboxylic acids is 1. The van der Waals surface area contributed by atoms with Crippen molar-refractivity contribution in [2.24, 2.45) is 0 Å². The lowest BCUT2D eigenvalue weighted by Gasteiger charge is -2.18. The van der Waals surface area contributed by atoms with E-state index in [1.54, 1.807) is 24.3 Å². The Morgan fingerprint density at radius 1 is 1.30 bits per heavy atom. The van der Waals surface area contributed by atoms with Crippen molar-refractivity contribution in [3.05, 3.63) is 32.6 Å². The Morgan fingerprint density at radius 3 is 2.87 bits per heavy atom. The minimum absolute atomic E-state index is 0.0834. The summed E-state index contributed by atoms with van der Waals surface area (Å²) in [6.45, 7) is 1.80. The van der Waals surface area contributed by atoms with Crippen molar-refractivity contribution in [2.45, 2.75) is 69.5 Å². The van der Waals surface area contributed by atoms with E-state index in [0.717, 1.165) is 55.2 Å². The molecule has 0 spiro atoms. The Bertz CT molecular complexity index is 1160. The summed E-state index contributed by atoms with van der Waals surface area (Å²) in [6.07, 6.45) is 8.59. The van der Waals surface area contributed by atoms with Crippen LogP contribution in [0.3, 0.4) is 0 Å². The number of carbonyl (C=O) groups is 1. The van der Waals surface area contributed by atoms with Crippen LogP contribution in [0.4, 0.5) is 5.88 Å². The van der Waals surface area contributed by atoms with Crippen LogP contribution in [0.1, 0.15) is 60.7 Å². The minimum Gasteiger partial charge on any atom is -0.338 e. The van der Waals surface area contributed by atoms with Crippen LogP contribution in [0.15, 0.2) is 20.5 Å². The third kappa shape index (κ3) is 3.69.